The molecule has 0 aliphatic rings. The van der Waals surface area contributed by atoms with Gasteiger partial charge in [-0.05, 0) is 49.2 Å². The summed E-state index contributed by atoms with van der Waals surface area (Å²) >= 11 is 12.0. The third-order valence-corrected chi connectivity index (χ3v) is 3.67. The van der Waals surface area contributed by atoms with E-state index in [0.29, 0.717) is 0 Å². The largest absolute Gasteiger partial charge is 0.304 e. The van der Waals surface area contributed by atoms with Gasteiger partial charge in [0, 0.05) is 22.1 Å². The van der Waals surface area contributed by atoms with Crippen molar-refractivity contribution in [3.05, 3.63) is 69.7 Å². The second-order valence-electron chi connectivity index (χ2n) is 4.72. The van der Waals surface area contributed by atoms with Crippen molar-refractivity contribution in [3.63, 3.8) is 0 Å². The van der Waals surface area contributed by atoms with Crippen LogP contribution in [0.25, 0.3) is 0 Å². The van der Waals surface area contributed by atoms with Crippen LogP contribution in [0, 0.1) is 0 Å². The molecule has 0 saturated heterocycles. The van der Waals surface area contributed by atoms with Gasteiger partial charge in [0.1, 0.15) is 0 Å². The van der Waals surface area contributed by atoms with Gasteiger partial charge < -0.3 is 5.32 Å². The lowest BCUT2D eigenvalue weighted by Gasteiger charge is -2.21. The van der Waals surface area contributed by atoms with Gasteiger partial charge in [-0.25, -0.2) is 0 Å². The Morgan fingerprint density at radius 1 is 0.789 bits per heavy atom. The molecule has 19 heavy (non-hydrogen) atoms. The lowest BCUT2D eigenvalue weighted by atomic mass is 10.0. The van der Waals surface area contributed by atoms with Crippen molar-refractivity contribution < 1.29 is 0 Å². The third kappa shape index (κ3) is 3.97. The minimum Gasteiger partial charge on any atom is -0.304 e. The molecule has 0 spiro atoms. The maximum absolute atomic E-state index is 6.02. The topological polar surface area (TPSA) is 12.0 Å². The van der Waals surface area contributed by atoms with Gasteiger partial charge in [0.2, 0.25) is 0 Å². The van der Waals surface area contributed by atoms with Crippen LogP contribution in [0.15, 0.2) is 48.5 Å². The van der Waals surface area contributed by atoms with Gasteiger partial charge in [-0.1, -0.05) is 47.5 Å². The molecule has 0 fully saturated rings. The smallest absolute Gasteiger partial charge is 0.0409 e. The predicted molar refractivity (Wildman–Crippen MR) is 82.9 cm³/mol. The zero-order valence-corrected chi connectivity index (χ0v) is 12.5. The normalized spacial score (nSPS) is 14.1. The molecule has 0 radical (unpaired) electrons. The van der Waals surface area contributed by atoms with Crippen LogP contribution in [0.2, 0.25) is 10.0 Å². The highest BCUT2D eigenvalue weighted by Crippen LogP contribution is 2.23. The molecule has 2 aromatic rings. The van der Waals surface area contributed by atoms with Crippen LogP contribution in [0.5, 0.6) is 0 Å². The van der Waals surface area contributed by atoms with E-state index in [4.69, 9.17) is 23.2 Å². The van der Waals surface area contributed by atoms with Gasteiger partial charge in [-0.3, -0.25) is 0 Å². The molecular formula is C16H17Cl2N. The molecule has 2 rings (SSSR count). The first-order valence-electron chi connectivity index (χ1n) is 6.33. The van der Waals surface area contributed by atoms with E-state index < -0.39 is 0 Å². The SMILES string of the molecule is CC(N[C@H](C)c1cccc(Cl)c1)c1cccc(Cl)c1. The van der Waals surface area contributed by atoms with Crippen molar-refractivity contribution in [2.24, 2.45) is 0 Å². The summed E-state index contributed by atoms with van der Waals surface area (Å²) in [6.45, 7) is 4.26. The lowest BCUT2D eigenvalue weighted by Crippen LogP contribution is -2.22. The highest BCUT2D eigenvalue weighted by atomic mass is 35.5. The average molecular weight is 294 g/mol. The number of rotatable bonds is 4. The Bertz CT molecular complexity index is 504. The van der Waals surface area contributed by atoms with Gasteiger partial charge in [0.25, 0.3) is 0 Å². The van der Waals surface area contributed by atoms with Crippen molar-refractivity contribution in [3.8, 4) is 0 Å². The van der Waals surface area contributed by atoms with Crippen molar-refractivity contribution in [2.45, 2.75) is 25.9 Å². The first-order chi connectivity index (χ1) is 9.06. The molecule has 1 N–H and O–H groups in total. The van der Waals surface area contributed by atoms with Crippen molar-refractivity contribution >= 4 is 23.2 Å². The number of hydrogen-bond acceptors (Lipinski definition) is 1. The third-order valence-electron chi connectivity index (χ3n) is 3.20. The summed E-state index contributed by atoms with van der Waals surface area (Å²) in [7, 11) is 0. The summed E-state index contributed by atoms with van der Waals surface area (Å²) in [4.78, 5) is 0. The van der Waals surface area contributed by atoms with Crippen LogP contribution in [0.4, 0.5) is 0 Å². The molecule has 3 heteroatoms. The van der Waals surface area contributed by atoms with Crippen LogP contribution < -0.4 is 5.32 Å². The van der Waals surface area contributed by atoms with Crippen LogP contribution in [0.1, 0.15) is 37.1 Å². The summed E-state index contributed by atoms with van der Waals surface area (Å²) in [5, 5.41) is 5.08. The Morgan fingerprint density at radius 3 is 1.58 bits per heavy atom. The highest BCUT2D eigenvalue weighted by molar-refractivity contribution is 6.30. The predicted octanol–water partition coefficient (Wildman–Crippen LogP) is 5.41. The monoisotopic (exact) mass is 293 g/mol. The summed E-state index contributed by atoms with van der Waals surface area (Å²) < 4.78 is 0. The molecule has 1 nitrogen and oxygen atoms in total. The van der Waals surface area contributed by atoms with E-state index in [1.54, 1.807) is 0 Å². The Labute approximate surface area is 124 Å². The molecule has 0 aliphatic carbocycles. The highest BCUT2D eigenvalue weighted by Gasteiger charge is 2.11. The van der Waals surface area contributed by atoms with Crippen LogP contribution in [-0.2, 0) is 0 Å². The Kier molecular flexibility index (Phi) is 4.87. The van der Waals surface area contributed by atoms with E-state index in [2.05, 4.69) is 31.3 Å². The van der Waals surface area contributed by atoms with Gasteiger partial charge in [-0.15, -0.1) is 0 Å². The number of nitrogens with one attached hydrogen (secondary N) is 1. The molecule has 2 atom stereocenters. The molecule has 0 saturated carbocycles. The summed E-state index contributed by atoms with van der Waals surface area (Å²) in [6, 6.07) is 16.3. The number of benzene rings is 2. The average Bonchev–Trinajstić information content (AvgIpc) is 2.38. The van der Waals surface area contributed by atoms with Crippen molar-refractivity contribution in [2.75, 3.05) is 0 Å². The fourth-order valence-electron chi connectivity index (χ4n) is 2.12. The molecule has 100 valence electrons. The Hall–Kier alpha value is -1.02. The molecule has 2 aromatic carbocycles. The maximum atomic E-state index is 6.02. The Morgan fingerprint density at radius 2 is 1.21 bits per heavy atom. The summed E-state index contributed by atoms with van der Waals surface area (Å²) in [6.07, 6.45) is 0. The minimum atomic E-state index is 0.229. The van der Waals surface area contributed by atoms with Gasteiger partial charge >= 0.3 is 0 Å². The van der Waals surface area contributed by atoms with Gasteiger partial charge in [0.15, 0.2) is 0 Å². The second-order valence-corrected chi connectivity index (χ2v) is 5.59. The van der Waals surface area contributed by atoms with Crippen molar-refractivity contribution in [1.82, 2.24) is 5.32 Å². The minimum absolute atomic E-state index is 0.229. The first-order valence-corrected chi connectivity index (χ1v) is 7.09. The molecule has 0 amide bonds. The molecule has 0 heterocycles. The van der Waals surface area contributed by atoms with Crippen LogP contribution in [0.3, 0.4) is 0 Å². The van der Waals surface area contributed by atoms with E-state index in [1.807, 2.05) is 36.4 Å². The molecule has 0 aliphatic heterocycles. The number of halogens is 2. The van der Waals surface area contributed by atoms with E-state index in [0.717, 1.165) is 10.0 Å². The van der Waals surface area contributed by atoms with Crippen molar-refractivity contribution in [1.29, 1.82) is 0 Å². The summed E-state index contributed by atoms with van der Waals surface area (Å²) in [5.41, 5.74) is 2.36. The fourth-order valence-corrected chi connectivity index (χ4v) is 2.52. The maximum Gasteiger partial charge on any atom is 0.0409 e. The van der Waals surface area contributed by atoms with E-state index in [1.165, 1.54) is 11.1 Å². The quantitative estimate of drug-likeness (QED) is 0.795. The first kappa shape index (κ1) is 14.4. The zero-order chi connectivity index (χ0) is 13.8. The lowest BCUT2D eigenvalue weighted by molar-refractivity contribution is 0.495. The van der Waals surface area contributed by atoms with Crippen LogP contribution >= 0.6 is 23.2 Å². The van der Waals surface area contributed by atoms with Gasteiger partial charge in [0.05, 0.1) is 0 Å². The fraction of sp³-hybridized carbons (Fsp3) is 0.250. The summed E-state index contributed by atoms with van der Waals surface area (Å²) in [5.74, 6) is 0. The standard InChI is InChI=1S/C16H17Cl2N/c1-11(13-5-3-7-15(17)9-13)19-12(2)14-6-4-8-16(18)10-14/h3-12,19H,1-2H3/t11-,12?/m1/s1. The van der Waals surface area contributed by atoms with Gasteiger partial charge in [-0.2, -0.15) is 0 Å². The second kappa shape index (κ2) is 6.42. The molecular weight excluding hydrogens is 277 g/mol. The van der Waals surface area contributed by atoms with E-state index in [-0.39, 0.29) is 12.1 Å². The zero-order valence-electron chi connectivity index (χ0n) is 11.0. The van der Waals surface area contributed by atoms with E-state index in [9.17, 15) is 0 Å². The Balaban J connectivity index is 2.08. The number of hydrogen-bond donors (Lipinski definition) is 1. The molecule has 0 bridgehead atoms. The van der Waals surface area contributed by atoms with E-state index >= 15 is 0 Å². The molecule has 0 aromatic heterocycles. The molecule has 1 unspecified atom stereocenters. The van der Waals surface area contributed by atoms with Crippen LogP contribution in [-0.4, -0.2) is 0 Å².